The van der Waals surface area contributed by atoms with Crippen molar-refractivity contribution in [3.8, 4) is 17.6 Å². The summed E-state index contributed by atoms with van der Waals surface area (Å²) in [5.74, 6) is 1.37. The monoisotopic (exact) mass is 288 g/mol. The van der Waals surface area contributed by atoms with Crippen LogP contribution in [0.3, 0.4) is 0 Å². The van der Waals surface area contributed by atoms with Crippen LogP contribution in [0.1, 0.15) is 5.56 Å². The summed E-state index contributed by atoms with van der Waals surface area (Å²) in [7, 11) is 3.22. The highest BCUT2D eigenvalue weighted by Crippen LogP contribution is 2.28. The number of hydrogen-bond donors (Lipinski definition) is 0. The van der Waals surface area contributed by atoms with E-state index in [-0.39, 0.29) is 0 Å². The van der Waals surface area contributed by atoms with Crippen LogP contribution in [0.15, 0.2) is 30.0 Å². The Bertz CT molecular complexity index is 543. The number of methoxy groups -OCH3 is 2. The van der Waals surface area contributed by atoms with Crippen molar-refractivity contribution in [2.45, 2.75) is 6.42 Å². The molecule has 0 radical (unpaired) electrons. The van der Waals surface area contributed by atoms with Crippen molar-refractivity contribution in [1.29, 1.82) is 5.26 Å². The van der Waals surface area contributed by atoms with E-state index in [9.17, 15) is 5.26 Å². The number of nitriles is 1. The molecule has 0 aromatic heterocycles. The van der Waals surface area contributed by atoms with Gasteiger partial charge in [0.25, 0.3) is 0 Å². The molecule has 1 fully saturated rings. The summed E-state index contributed by atoms with van der Waals surface area (Å²) in [6.07, 6.45) is 2.51. The van der Waals surface area contributed by atoms with E-state index in [0.29, 0.717) is 31.1 Å². The summed E-state index contributed by atoms with van der Waals surface area (Å²) >= 11 is 0. The zero-order chi connectivity index (χ0) is 15.1. The topological polar surface area (TPSA) is 54.7 Å². The van der Waals surface area contributed by atoms with Crippen LogP contribution in [-0.2, 0) is 11.2 Å². The average Bonchev–Trinajstić information content (AvgIpc) is 2.55. The molecule has 2 rings (SSSR count). The first-order valence-electron chi connectivity index (χ1n) is 6.90. The van der Waals surface area contributed by atoms with Gasteiger partial charge >= 0.3 is 0 Å². The number of hydrogen-bond acceptors (Lipinski definition) is 5. The van der Waals surface area contributed by atoms with E-state index in [1.165, 1.54) is 0 Å². The van der Waals surface area contributed by atoms with Crippen LogP contribution in [-0.4, -0.2) is 45.4 Å². The molecule has 0 saturated carbocycles. The molecule has 0 unspecified atom stereocenters. The lowest BCUT2D eigenvalue weighted by Crippen LogP contribution is -2.32. The Morgan fingerprint density at radius 1 is 1.29 bits per heavy atom. The molecule has 112 valence electrons. The van der Waals surface area contributed by atoms with E-state index >= 15 is 0 Å². The van der Waals surface area contributed by atoms with Gasteiger partial charge in [-0.25, -0.2) is 0 Å². The lowest BCUT2D eigenvalue weighted by Gasteiger charge is -2.25. The molecule has 0 aliphatic carbocycles. The highest BCUT2D eigenvalue weighted by Gasteiger charge is 2.10. The highest BCUT2D eigenvalue weighted by atomic mass is 16.5. The summed E-state index contributed by atoms with van der Waals surface area (Å²) in [4.78, 5) is 2.13. The van der Waals surface area contributed by atoms with Gasteiger partial charge in [-0.15, -0.1) is 0 Å². The molecular weight excluding hydrogens is 268 g/mol. The molecule has 0 atom stereocenters. The molecule has 1 aromatic rings. The zero-order valence-corrected chi connectivity index (χ0v) is 12.5. The average molecular weight is 288 g/mol. The smallest absolute Gasteiger partial charge is 0.160 e. The van der Waals surface area contributed by atoms with E-state index in [4.69, 9.17) is 14.2 Å². The Kier molecular flexibility index (Phi) is 5.47. The second-order valence-corrected chi connectivity index (χ2v) is 4.78. The Balaban J connectivity index is 2.11. The molecule has 5 nitrogen and oxygen atoms in total. The largest absolute Gasteiger partial charge is 0.493 e. The second kappa shape index (κ2) is 7.55. The fourth-order valence-corrected chi connectivity index (χ4v) is 2.25. The first-order valence-corrected chi connectivity index (χ1v) is 6.90. The third-order valence-electron chi connectivity index (χ3n) is 3.37. The van der Waals surface area contributed by atoms with Gasteiger partial charge < -0.3 is 19.1 Å². The Labute approximate surface area is 125 Å². The first-order chi connectivity index (χ1) is 10.3. The van der Waals surface area contributed by atoms with Gasteiger partial charge in [0.1, 0.15) is 0 Å². The summed E-state index contributed by atoms with van der Waals surface area (Å²) in [6, 6.07) is 7.99. The zero-order valence-electron chi connectivity index (χ0n) is 12.5. The number of allylic oxidation sites excluding steroid dienone is 1. The lowest BCUT2D eigenvalue weighted by atomic mass is 10.1. The molecule has 1 aromatic carbocycles. The van der Waals surface area contributed by atoms with E-state index < -0.39 is 0 Å². The molecule has 1 heterocycles. The number of ether oxygens (including phenoxy) is 3. The molecular formula is C16H20N2O3. The number of morpholine rings is 1. The molecule has 1 saturated heterocycles. The first kappa shape index (κ1) is 15.2. The number of benzene rings is 1. The maximum Gasteiger partial charge on any atom is 0.160 e. The van der Waals surface area contributed by atoms with Crippen LogP contribution in [0.25, 0.3) is 0 Å². The maximum absolute atomic E-state index is 9.31. The minimum atomic E-state index is 0.578. The van der Waals surface area contributed by atoms with E-state index in [1.807, 2.05) is 24.4 Å². The van der Waals surface area contributed by atoms with Crippen molar-refractivity contribution in [2.75, 3.05) is 40.5 Å². The van der Waals surface area contributed by atoms with Gasteiger partial charge in [-0.05, 0) is 17.7 Å². The summed E-state index contributed by atoms with van der Waals surface area (Å²) in [5.41, 5.74) is 1.75. The van der Waals surface area contributed by atoms with E-state index in [1.54, 1.807) is 14.2 Å². The normalized spacial score (nSPS) is 15.5. The van der Waals surface area contributed by atoms with Gasteiger partial charge in [-0.3, -0.25) is 0 Å². The van der Waals surface area contributed by atoms with Gasteiger partial charge in [0.2, 0.25) is 0 Å². The fraction of sp³-hybridized carbons (Fsp3) is 0.438. The van der Waals surface area contributed by atoms with Crippen molar-refractivity contribution in [3.63, 3.8) is 0 Å². The van der Waals surface area contributed by atoms with E-state index in [2.05, 4.69) is 11.0 Å². The molecule has 5 heteroatoms. The second-order valence-electron chi connectivity index (χ2n) is 4.78. The molecule has 0 amide bonds. The summed E-state index contributed by atoms with van der Waals surface area (Å²) in [5, 5.41) is 9.31. The molecule has 1 aliphatic rings. The minimum absolute atomic E-state index is 0.578. The summed E-state index contributed by atoms with van der Waals surface area (Å²) in [6.45, 7) is 3.09. The Hall–Kier alpha value is -2.19. The van der Waals surface area contributed by atoms with E-state index in [0.717, 1.165) is 24.2 Å². The van der Waals surface area contributed by atoms with Gasteiger partial charge in [0, 0.05) is 31.3 Å². The van der Waals surface area contributed by atoms with Crippen LogP contribution < -0.4 is 9.47 Å². The lowest BCUT2D eigenvalue weighted by molar-refractivity contribution is 0.0591. The number of nitrogens with zero attached hydrogens (tertiary/aromatic N) is 2. The highest BCUT2D eigenvalue weighted by molar-refractivity contribution is 5.44. The van der Waals surface area contributed by atoms with Crippen LogP contribution >= 0.6 is 0 Å². The Morgan fingerprint density at radius 3 is 2.62 bits per heavy atom. The third-order valence-corrected chi connectivity index (χ3v) is 3.37. The SMILES string of the molecule is COc1ccc(CC(C#N)=CN2CCOCC2)cc1OC. The standard InChI is InChI=1S/C16H20N2O3/c1-19-15-4-3-13(10-16(15)20-2)9-14(11-17)12-18-5-7-21-8-6-18/h3-4,10,12H,5-9H2,1-2H3. The van der Waals surface area contributed by atoms with Gasteiger partial charge in [0.05, 0.1) is 33.5 Å². The maximum atomic E-state index is 9.31. The molecule has 0 bridgehead atoms. The van der Waals surface area contributed by atoms with Crippen molar-refractivity contribution < 1.29 is 14.2 Å². The van der Waals surface area contributed by atoms with Crippen LogP contribution in [0.5, 0.6) is 11.5 Å². The molecule has 1 aliphatic heterocycles. The van der Waals surface area contributed by atoms with Crippen LogP contribution in [0, 0.1) is 11.3 Å². The third kappa shape index (κ3) is 4.14. The Morgan fingerprint density at radius 2 is 2.00 bits per heavy atom. The van der Waals surface area contributed by atoms with Crippen LogP contribution in [0.2, 0.25) is 0 Å². The van der Waals surface area contributed by atoms with Crippen LogP contribution in [0.4, 0.5) is 0 Å². The van der Waals surface area contributed by atoms with Crippen molar-refractivity contribution in [1.82, 2.24) is 4.90 Å². The molecule has 0 N–H and O–H groups in total. The number of rotatable bonds is 5. The minimum Gasteiger partial charge on any atom is -0.493 e. The van der Waals surface area contributed by atoms with Crippen molar-refractivity contribution >= 4 is 0 Å². The molecule has 0 spiro atoms. The van der Waals surface area contributed by atoms with Gasteiger partial charge in [-0.2, -0.15) is 5.26 Å². The predicted molar refractivity (Wildman–Crippen MR) is 79.3 cm³/mol. The fourth-order valence-electron chi connectivity index (χ4n) is 2.25. The molecule has 21 heavy (non-hydrogen) atoms. The predicted octanol–water partition coefficient (Wildman–Crippen LogP) is 1.99. The van der Waals surface area contributed by atoms with Crippen molar-refractivity contribution in [3.05, 3.63) is 35.5 Å². The van der Waals surface area contributed by atoms with Gasteiger partial charge in [0.15, 0.2) is 11.5 Å². The quantitative estimate of drug-likeness (QED) is 0.776. The van der Waals surface area contributed by atoms with Crippen molar-refractivity contribution in [2.24, 2.45) is 0 Å². The summed E-state index contributed by atoms with van der Waals surface area (Å²) < 4.78 is 15.8. The van der Waals surface area contributed by atoms with Gasteiger partial charge in [-0.1, -0.05) is 6.07 Å².